The third-order valence-corrected chi connectivity index (χ3v) is 6.33. The van der Waals surface area contributed by atoms with Crippen molar-refractivity contribution in [1.82, 2.24) is 4.57 Å². The second-order valence-electron chi connectivity index (χ2n) is 7.52. The van der Waals surface area contributed by atoms with Crippen molar-refractivity contribution in [3.05, 3.63) is 90.6 Å². The Hall–Kier alpha value is -3.79. The molecule has 1 aromatic heterocycles. The first kappa shape index (κ1) is 24.3. The smallest absolute Gasteiger partial charge is 0.387 e. The Morgan fingerprint density at radius 2 is 1.80 bits per heavy atom. The number of halogens is 2. The van der Waals surface area contributed by atoms with Crippen LogP contribution in [0.4, 0.5) is 8.78 Å². The van der Waals surface area contributed by atoms with E-state index >= 15 is 0 Å². The van der Waals surface area contributed by atoms with Crippen LogP contribution in [0.15, 0.2) is 69.6 Å². The Morgan fingerprint density at radius 1 is 1.14 bits per heavy atom. The first-order valence-electron chi connectivity index (χ1n) is 10.7. The molecule has 0 fully saturated rings. The standard InChI is InChI=1S/C25H22F2N2O5S/c1-4-33-23(31)20-14(2)28-25-29(21(20)16-7-11-17(32-3)12-8-16)22(30)19(35-25)13-15-5-9-18(10-6-15)34-24(26)27/h5-13,21,24H,4H2,1-3H3/b19-13+/t21-/m1/s1. The number of carbonyl (C=O) groups is 1. The number of fused-ring (bicyclic) bond motifs is 1. The van der Waals surface area contributed by atoms with Crippen molar-refractivity contribution in [2.75, 3.05) is 13.7 Å². The van der Waals surface area contributed by atoms with E-state index in [0.29, 0.717) is 31.9 Å². The number of rotatable bonds is 7. The molecule has 0 bridgehead atoms. The Balaban J connectivity index is 1.85. The first-order valence-corrected chi connectivity index (χ1v) is 11.5. The Kier molecular flexibility index (Phi) is 7.11. The largest absolute Gasteiger partial charge is 0.497 e. The molecule has 2 aromatic carbocycles. The van der Waals surface area contributed by atoms with Gasteiger partial charge in [0.05, 0.1) is 35.6 Å². The topological polar surface area (TPSA) is 79.1 Å². The van der Waals surface area contributed by atoms with Crippen LogP contribution in [0, 0.1) is 0 Å². The van der Waals surface area contributed by atoms with Gasteiger partial charge < -0.3 is 14.2 Å². The van der Waals surface area contributed by atoms with Crippen LogP contribution in [0.25, 0.3) is 6.08 Å². The molecule has 1 aliphatic heterocycles. The van der Waals surface area contributed by atoms with Gasteiger partial charge in [0.1, 0.15) is 11.5 Å². The van der Waals surface area contributed by atoms with E-state index in [2.05, 4.69) is 9.73 Å². The molecule has 3 aromatic rings. The average Bonchev–Trinajstić information content (AvgIpc) is 3.13. The van der Waals surface area contributed by atoms with Gasteiger partial charge in [-0.2, -0.15) is 8.78 Å². The normalized spacial score (nSPS) is 15.6. The molecule has 0 spiro atoms. The van der Waals surface area contributed by atoms with E-state index in [1.807, 2.05) is 0 Å². The molecule has 7 nitrogen and oxygen atoms in total. The third kappa shape index (κ3) is 5.02. The fourth-order valence-corrected chi connectivity index (χ4v) is 4.84. The molecule has 0 aliphatic carbocycles. The van der Waals surface area contributed by atoms with Crippen molar-refractivity contribution in [2.24, 2.45) is 4.99 Å². The van der Waals surface area contributed by atoms with E-state index in [4.69, 9.17) is 9.47 Å². The zero-order valence-corrected chi connectivity index (χ0v) is 20.0. The molecule has 0 radical (unpaired) electrons. The lowest BCUT2D eigenvalue weighted by Crippen LogP contribution is -2.39. The number of thiazole rings is 1. The summed E-state index contributed by atoms with van der Waals surface area (Å²) in [6.07, 6.45) is 1.64. The lowest BCUT2D eigenvalue weighted by atomic mass is 9.96. The predicted molar refractivity (Wildman–Crippen MR) is 126 cm³/mol. The van der Waals surface area contributed by atoms with Gasteiger partial charge in [-0.1, -0.05) is 35.6 Å². The maximum absolute atomic E-state index is 13.5. The number of methoxy groups -OCH3 is 1. The van der Waals surface area contributed by atoms with Crippen molar-refractivity contribution < 1.29 is 27.8 Å². The van der Waals surface area contributed by atoms with Gasteiger partial charge in [-0.3, -0.25) is 9.36 Å². The lowest BCUT2D eigenvalue weighted by Gasteiger charge is -2.24. The molecule has 1 aliphatic rings. The van der Waals surface area contributed by atoms with Crippen molar-refractivity contribution >= 4 is 23.4 Å². The van der Waals surface area contributed by atoms with Crippen LogP contribution >= 0.6 is 11.3 Å². The van der Waals surface area contributed by atoms with E-state index in [0.717, 1.165) is 0 Å². The van der Waals surface area contributed by atoms with Gasteiger partial charge in [0.25, 0.3) is 5.56 Å². The van der Waals surface area contributed by atoms with E-state index in [9.17, 15) is 18.4 Å². The molecule has 4 rings (SSSR count). The predicted octanol–water partition coefficient (Wildman–Crippen LogP) is 3.41. The minimum absolute atomic E-state index is 0.0211. The average molecular weight is 501 g/mol. The molecule has 0 unspecified atom stereocenters. The molecule has 10 heteroatoms. The number of alkyl halides is 2. The zero-order valence-electron chi connectivity index (χ0n) is 19.2. The molecule has 0 amide bonds. The van der Waals surface area contributed by atoms with Crippen molar-refractivity contribution in [1.29, 1.82) is 0 Å². The van der Waals surface area contributed by atoms with E-state index in [1.165, 1.54) is 28.0 Å². The van der Waals surface area contributed by atoms with Crippen molar-refractivity contribution in [3.63, 3.8) is 0 Å². The van der Waals surface area contributed by atoms with Crippen LogP contribution in [-0.4, -0.2) is 30.9 Å². The second-order valence-corrected chi connectivity index (χ2v) is 8.53. The summed E-state index contributed by atoms with van der Waals surface area (Å²) in [4.78, 5) is 31.4. The molecule has 35 heavy (non-hydrogen) atoms. The minimum atomic E-state index is -2.92. The number of carbonyl (C=O) groups excluding carboxylic acids is 1. The van der Waals surface area contributed by atoms with Crippen LogP contribution in [0.1, 0.15) is 31.0 Å². The molecule has 1 atom stereocenters. The number of allylic oxidation sites excluding steroid dienone is 1. The summed E-state index contributed by atoms with van der Waals surface area (Å²) in [7, 11) is 1.55. The maximum atomic E-state index is 13.5. The summed E-state index contributed by atoms with van der Waals surface area (Å²) in [5.41, 5.74) is 1.73. The summed E-state index contributed by atoms with van der Waals surface area (Å²) in [5, 5.41) is 0. The van der Waals surface area contributed by atoms with E-state index < -0.39 is 18.6 Å². The van der Waals surface area contributed by atoms with Crippen molar-refractivity contribution in [3.8, 4) is 11.5 Å². The molecule has 0 saturated heterocycles. The molecule has 2 heterocycles. The quantitative estimate of drug-likeness (QED) is 0.465. The van der Waals surface area contributed by atoms with Crippen LogP contribution in [0.5, 0.6) is 11.5 Å². The summed E-state index contributed by atoms with van der Waals surface area (Å²) >= 11 is 1.17. The van der Waals surface area contributed by atoms with Gasteiger partial charge in [0, 0.05) is 0 Å². The van der Waals surface area contributed by atoms with E-state index in [-0.39, 0.29) is 23.5 Å². The third-order valence-electron chi connectivity index (χ3n) is 5.35. The number of esters is 1. The minimum Gasteiger partial charge on any atom is -0.497 e. The van der Waals surface area contributed by atoms with Gasteiger partial charge in [0.2, 0.25) is 0 Å². The summed E-state index contributed by atoms with van der Waals surface area (Å²) in [6, 6.07) is 12.3. The molecular formula is C25H22F2N2O5S. The fraction of sp³-hybridized carbons (Fsp3) is 0.240. The Labute approximate surface area is 203 Å². The number of hydrogen-bond acceptors (Lipinski definition) is 7. The molecule has 0 saturated carbocycles. The van der Waals surface area contributed by atoms with E-state index in [1.54, 1.807) is 63.4 Å². The van der Waals surface area contributed by atoms with Gasteiger partial charge in [-0.15, -0.1) is 0 Å². The highest BCUT2D eigenvalue weighted by molar-refractivity contribution is 7.07. The number of ether oxygens (including phenoxy) is 3. The van der Waals surface area contributed by atoms with Crippen LogP contribution in [0.3, 0.4) is 0 Å². The second kappa shape index (κ2) is 10.2. The number of hydrogen-bond donors (Lipinski definition) is 0. The van der Waals surface area contributed by atoms with Crippen LogP contribution in [0.2, 0.25) is 0 Å². The van der Waals surface area contributed by atoms with Gasteiger partial charge in [-0.25, -0.2) is 9.79 Å². The zero-order chi connectivity index (χ0) is 25.1. The molecule has 182 valence electrons. The van der Waals surface area contributed by atoms with Gasteiger partial charge in [-0.05, 0) is 55.3 Å². The number of aromatic nitrogens is 1. The highest BCUT2D eigenvalue weighted by Gasteiger charge is 2.33. The fourth-order valence-electron chi connectivity index (χ4n) is 3.79. The SMILES string of the molecule is CCOC(=O)C1=C(C)N=c2s/c(=C/c3ccc(OC(F)F)cc3)c(=O)n2[C@@H]1c1ccc(OC)cc1. The Bertz CT molecular complexity index is 1440. The lowest BCUT2D eigenvalue weighted by molar-refractivity contribution is -0.139. The number of nitrogens with zero attached hydrogens (tertiary/aromatic N) is 2. The first-order chi connectivity index (χ1) is 16.8. The number of benzene rings is 2. The maximum Gasteiger partial charge on any atom is 0.387 e. The molecule has 0 N–H and O–H groups in total. The van der Waals surface area contributed by atoms with Gasteiger partial charge in [0.15, 0.2) is 4.80 Å². The summed E-state index contributed by atoms with van der Waals surface area (Å²) in [5.74, 6) is 0.116. The summed E-state index contributed by atoms with van der Waals surface area (Å²) in [6.45, 7) is 0.685. The molecular weight excluding hydrogens is 478 g/mol. The highest BCUT2D eigenvalue weighted by Crippen LogP contribution is 2.31. The van der Waals surface area contributed by atoms with Crippen LogP contribution < -0.4 is 24.4 Å². The van der Waals surface area contributed by atoms with Crippen LogP contribution in [-0.2, 0) is 9.53 Å². The summed E-state index contributed by atoms with van der Waals surface area (Å²) < 4.78 is 41.6. The monoisotopic (exact) mass is 500 g/mol. The van der Waals surface area contributed by atoms with Crippen molar-refractivity contribution in [2.45, 2.75) is 26.5 Å². The highest BCUT2D eigenvalue weighted by atomic mass is 32.1. The Morgan fingerprint density at radius 3 is 2.40 bits per heavy atom. The van der Waals surface area contributed by atoms with Gasteiger partial charge >= 0.3 is 12.6 Å².